The first-order valence-electron chi connectivity index (χ1n) is 6.46. The Morgan fingerprint density at radius 3 is 2.53 bits per heavy atom. The molecule has 1 aliphatic heterocycles. The number of hydrogen-bond acceptors (Lipinski definition) is 4. The Labute approximate surface area is 114 Å². The van der Waals surface area contributed by atoms with Crippen molar-refractivity contribution >= 4 is 10.0 Å². The predicted molar refractivity (Wildman–Crippen MR) is 73.5 cm³/mol. The van der Waals surface area contributed by atoms with Gasteiger partial charge in [0.15, 0.2) is 0 Å². The summed E-state index contributed by atoms with van der Waals surface area (Å²) in [5, 5.41) is 0. The van der Waals surface area contributed by atoms with Crippen molar-refractivity contribution in [2.24, 2.45) is 0 Å². The van der Waals surface area contributed by atoms with Gasteiger partial charge in [0.25, 0.3) is 0 Å². The Morgan fingerprint density at radius 1 is 1.26 bits per heavy atom. The maximum absolute atomic E-state index is 12.1. The van der Waals surface area contributed by atoms with Crippen molar-refractivity contribution in [1.29, 1.82) is 0 Å². The van der Waals surface area contributed by atoms with Crippen molar-refractivity contribution < 1.29 is 13.2 Å². The van der Waals surface area contributed by atoms with Gasteiger partial charge in [-0.25, -0.2) is 13.1 Å². The van der Waals surface area contributed by atoms with Crippen molar-refractivity contribution in [1.82, 2.24) is 9.62 Å². The molecule has 1 aliphatic rings. The third-order valence-corrected chi connectivity index (χ3v) is 4.73. The smallest absolute Gasteiger partial charge is 0.240 e. The maximum Gasteiger partial charge on any atom is 0.240 e. The second kappa shape index (κ2) is 6.47. The summed E-state index contributed by atoms with van der Waals surface area (Å²) in [5.41, 5.74) is 0. The monoisotopic (exact) mass is 284 g/mol. The number of sulfonamides is 1. The van der Waals surface area contributed by atoms with Crippen LogP contribution in [-0.4, -0.2) is 52.2 Å². The second-order valence-electron chi connectivity index (χ2n) is 4.66. The second-order valence-corrected chi connectivity index (χ2v) is 6.43. The number of ether oxygens (including phenoxy) is 1. The molecule has 0 unspecified atom stereocenters. The fourth-order valence-electron chi connectivity index (χ4n) is 2.06. The summed E-state index contributed by atoms with van der Waals surface area (Å²) >= 11 is 0. The lowest BCUT2D eigenvalue weighted by Crippen LogP contribution is -2.47. The average Bonchev–Trinajstić information content (AvgIpc) is 2.47. The highest BCUT2D eigenvalue weighted by molar-refractivity contribution is 7.89. The van der Waals surface area contributed by atoms with Gasteiger partial charge in [0.1, 0.15) is 0 Å². The summed E-state index contributed by atoms with van der Waals surface area (Å²) in [6.45, 7) is 5.59. The van der Waals surface area contributed by atoms with Gasteiger partial charge in [-0.3, -0.25) is 4.90 Å². The lowest BCUT2D eigenvalue weighted by Gasteiger charge is -2.32. The molecule has 1 heterocycles. The summed E-state index contributed by atoms with van der Waals surface area (Å²) in [6, 6.07) is 8.61. The number of rotatable bonds is 5. The van der Waals surface area contributed by atoms with E-state index in [0.717, 1.165) is 26.3 Å². The highest BCUT2D eigenvalue weighted by Gasteiger charge is 2.20. The number of benzene rings is 1. The van der Waals surface area contributed by atoms with Crippen molar-refractivity contribution in [3.8, 4) is 0 Å². The van der Waals surface area contributed by atoms with E-state index >= 15 is 0 Å². The van der Waals surface area contributed by atoms with Crippen LogP contribution in [0.3, 0.4) is 0 Å². The molecule has 6 heteroatoms. The Bertz CT molecular complexity index is 484. The molecule has 1 fully saturated rings. The minimum Gasteiger partial charge on any atom is -0.379 e. The first-order chi connectivity index (χ1) is 9.09. The van der Waals surface area contributed by atoms with E-state index in [1.54, 1.807) is 30.3 Å². The standard InChI is InChI=1S/C13H20N2O3S/c1-12(15-7-9-18-10-8-15)11-14-19(16,17)13-5-3-2-4-6-13/h2-6,12,14H,7-11H2,1H3/t12-/m0/s1. The maximum atomic E-state index is 12.1. The molecule has 1 aromatic carbocycles. The highest BCUT2D eigenvalue weighted by Crippen LogP contribution is 2.08. The Hall–Kier alpha value is -0.950. The van der Waals surface area contributed by atoms with Crippen LogP contribution in [-0.2, 0) is 14.8 Å². The van der Waals surface area contributed by atoms with Crippen molar-refractivity contribution in [3.63, 3.8) is 0 Å². The number of nitrogens with zero attached hydrogens (tertiary/aromatic N) is 1. The van der Waals surface area contributed by atoms with Crippen molar-refractivity contribution in [2.45, 2.75) is 17.9 Å². The van der Waals surface area contributed by atoms with Gasteiger partial charge in [-0.15, -0.1) is 0 Å². The summed E-state index contributed by atoms with van der Waals surface area (Å²) in [7, 11) is -3.40. The van der Waals surface area contributed by atoms with Crippen LogP contribution in [0.2, 0.25) is 0 Å². The van der Waals surface area contributed by atoms with Crippen molar-refractivity contribution in [2.75, 3.05) is 32.8 Å². The van der Waals surface area contributed by atoms with E-state index in [2.05, 4.69) is 9.62 Å². The molecule has 0 aromatic heterocycles. The zero-order chi connectivity index (χ0) is 13.7. The fraction of sp³-hybridized carbons (Fsp3) is 0.538. The molecule has 0 bridgehead atoms. The van der Waals surface area contributed by atoms with Crippen LogP contribution in [0, 0.1) is 0 Å². The van der Waals surface area contributed by atoms with Gasteiger partial charge in [0, 0.05) is 25.7 Å². The van der Waals surface area contributed by atoms with Gasteiger partial charge in [-0.1, -0.05) is 18.2 Å². The van der Waals surface area contributed by atoms with E-state index in [1.807, 2.05) is 6.92 Å². The molecule has 19 heavy (non-hydrogen) atoms. The number of hydrogen-bond donors (Lipinski definition) is 1. The van der Waals surface area contributed by atoms with E-state index in [1.165, 1.54) is 0 Å². The lowest BCUT2D eigenvalue weighted by molar-refractivity contribution is 0.0213. The normalized spacial score (nSPS) is 19.2. The molecule has 106 valence electrons. The van der Waals surface area contributed by atoms with Gasteiger partial charge < -0.3 is 4.74 Å². The molecule has 0 radical (unpaired) electrons. The largest absolute Gasteiger partial charge is 0.379 e. The first-order valence-corrected chi connectivity index (χ1v) is 7.94. The van der Waals surface area contributed by atoms with Gasteiger partial charge in [-0.2, -0.15) is 0 Å². The Morgan fingerprint density at radius 2 is 1.89 bits per heavy atom. The third-order valence-electron chi connectivity index (χ3n) is 3.29. The molecular formula is C13H20N2O3S. The summed E-state index contributed by atoms with van der Waals surface area (Å²) in [6.07, 6.45) is 0. The van der Waals surface area contributed by atoms with Gasteiger partial charge in [0.2, 0.25) is 10.0 Å². The predicted octanol–water partition coefficient (Wildman–Crippen LogP) is 0.686. The first kappa shape index (κ1) is 14.5. The number of nitrogens with one attached hydrogen (secondary N) is 1. The van der Waals surface area contributed by atoms with E-state index in [0.29, 0.717) is 11.4 Å². The average molecular weight is 284 g/mol. The molecule has 2 rings (SSSR count). The van der Waals surface area contributed by atoms with E-state index in [9.17, 15) is 8.42 Å². The zero-order valence-electron chi connectivity index (χ0n) is 11.1. The summed E-state index contributed by atoms with van der Waals surface area (Å²) in [4.78, 5) is 2.54. The van der Waals surface area contributed by atoms with Crippen LogP contribution in [0.5, 0.6) is 0 Å². The summed E-state index contributed by atoms with van der Waals surface area (Å²) < 4.78 is 32.1. The SMILES string of the molecule is C[C@@H](CNS(=O)(=O)c1ccccc1)N1CCOCC1. The van der Waals surface area contributed by atoms with Gasteiger partial charge in [0.05, 0.1) is 18.1 Å². The molecule has 0 amide bonds. The fourth-order valence-corrected chi connectivity index (χ4v) is 3.20. The molecule has 1 aromatic rings. The minimum atomic E-state index is -3.40. The van der Waals surface area contributed by atoms with Crippen LogP contribution in [0.15, 0.2) is 35.2 Å². The molecular weight excluding hydrogens is 264 g/mol. The van der Waals surface area contributed by atoms with Crippen LogP contribution in [0.4, 0.5) is 0 Å². The van der Waals surface area contributed by atoms with E-state index in [4.69, 9.17) is 4.74 Å². The minimum absolute atomic E-state index is 0.169. The Kier molecular flexibility index (Phi) is 4.93. The van der Waals surface area contributed by atoms with Crippen molar-refractivity contribution in [3.05, 3.63) is 30.3 Å². The molecule has 0 aliphatic carbocycles. The van der Waals surface area contributed by atoms with Gasteiger partial charge >= 0.3 is 0 Å². The zero-order valence-corrected chi connectivity index (χ0v) is 11.9. The summed E-state index contributed by atoms with van der Waals surface area (Å²) in [5.74, 6) is 0. The van der Waals surface area contributed by atoms with Crippen LogP contribution in [0.1, 0.15) is 6.92 Å². The molecule has 1 saturated heterocycles. The third kappa shape index (κ3) is 4.01. The molecule has 1 atom stereocenters. The van der Waals surface area contributed by atoms with Gasteiger partial charge in [-0.05, 0) is 19.1 Å². The number of morpholine rings is 1. The van der Waals surface area contributed by atoms with Crippen LogP contribution < -0.4 is 4.72 Å². The molecule has 0 saturated carbocycles. The highest BCUT2D eigenvalue weighted by atomic mass is 32.2. The van der Waals surface area contributed by atoms with E-state index < -0.39 is 10.0 Å². The quantitative estimate of drug-likeness (QED) is 0.864. The lowest BCUT2D eigenvalue weighted by atomic mass is 10.2. The van der Waals surface area contributed by atoms with Crippen LogP contribution in [0.25, 0.3) is 0 Å². The Balaban J connectivity index is 1.91. The molecule has 1 N–H and O–H groups in total. The molecule has 0 spiro atoms. The van der Waals surface area contributed by atoms with Crippen LogP contribution >= 0.6 is 0 Å². The van der Waals surface area contributed by atoms with E-state index in [-0.39, 0.29) is 6.04 Å². The molecule has 5 nitrogen and oxygen atoms in total. The topological polar surface area (TPSA) is 58.6 Å².